The fraction of sp³-hybridized carbons (Fsp3) is 0.333. The lowest BCUT2D eigenvalue weighted by Crippen LogP contribution is -2.57. The van der Waals surface area contributed by atoms with E-state index in [1.165, 1.54) is 24.3 Å². The SMILES string of the molecule is N#Cc1ccc(S(=O)(=O)NC[C@H]2CN(C(=O)c3ccccc3)[C@H]3CCN2C3)cc1. The predicted octanol–water partition coefficient (Wildman–Crippen LogP) is 1.44. The van der Waals surface area contributed by atoms with Crippen molar-refractivity contribution in [3.63, 3.8) is 0 Å². The third kappa shape index (κ3) is 4.03. The highest BCUT2D eigenvalue weighted by molar-refractivity contribution is 7.89. The zero-order valence-corrected chi connectivity index (χ0v) is 16.7. The molecule has 0 aromatic heterocycles. The van der Waals surface area contributed by atoms with Gasteiger partial charge >= 0.3 is 0 Å². The van der Waals surface area contributed by atoms with Crippen LogP contribution < -0.4 is 4.72 Å². The molecule has 8 heteroatoms. The molecule has 0 saturated carbocycles. The van der Waals surface area contributed by atoms with Gasteiger partial charge in [-0.15, -0.1) is 0 Å². The second-order valence-electron chi connectivity index (χ2n) is 7.40. The van der Waals surface area contributed by atoms with Crippen LogP contribution in [0.5, 0.6) is 0 Å². The summed E-state index contributed by atoms with van der Waals surface area (Å²) in [5.41, 5.74) is 1.07. The van der Waals surface area contributed by atoms with E-state index in [0.29, 0.717) is 17.7 Å². The molecular weight excluding hydrogens is 388 g/mol. The second-order valence-corrected chi connectivity index (χ2v) is 9.17. The summed E-state index contributed by atoms with van der Waals surface area (Å²) >= 11 is 0. The van der Waals surface area contributed by atoms with Gasteiger partial charge in [-0.2, -0.15) is 5.26 Å². The quantitative estimate of drug-likeness (QED) is 0.805. The van der Waals surface area contributed by atoms with E-state index in [0.717, 1.165) is 19.5 Å². The number of amides is 1. The van der Waals surface area contributed by atoms with E-state index in [2.05, 4.69) is 9.62 Å². The number of hydrogen-bond acceptors (Lipinski definition) is 5. The second kappa shape index (κ2) is 7.95. The van der Waals surface area contributed by atoms with E-state index >= 15 is 0 Å². The van der Waals surface area contributed by atoms with Crippen LogP contribution in [0, 0.1) is 11.3 Å². The molecule has 4 rings (SSSR count). The molecule has 0 spiro atoms. The molecule has 150 valence electrons. The average Bonchev–Trinajstić information content (AvgIpc) is 3.17. The normalized spacial score (nSPS) is 23.6. The summed E-state index contributed by atoms with van der Waals surface area (Å²) in [7, 11) is -3.68. The molecule has 0 radical (unpaired) electrons. The van der Waals surface area contributed by atoms with Gasteiger partial charge in [0.1, 0.15) is 0 Å². The van der Waals surface area contributed by atoms with E-state index in [1.54, 1.807) is 0 Å². The Kier molecular flexibility index (Phi) is 5.37. The molecule has 2 bridgehead atoms. The first kappa shape index (κ1) is 19.6. The highest BCUT2D eigenvalue weighted by atomic mass is 32.2. The third-order valence-electron chi connectivity index (χ3n) is 5.64. The summed E-state index contributed by atoms with van der Waals surface area (Å²) in [4.78, 5) is 17.2. The van der Waals surface area contributed by atoms with Crippen molar-refractivity contribution in [3.05, 3.63) is 65.7 Å². The Hall–Kier alpha value is -2.73. The average molecular weight is 410 g/mol. The van der Waals surface area contributed by atoms with Crippen molar-refractivity contribution in [2.24, 2.45) is 0 Å². The van der Waals surface area contributed by atoms with Gasteiger partial charge < -0.3 is 4.90 Å². The topological polar surface area (TPSA) is 93.5 Å². The van der Waals surface area contributed by atoms with Crippen LogP contribution in [-0.4, -0.2) is 62.4 Å². The Morgan fingerprint density at radius 2 is 1.83 bits per heavy atom. The Balaban J connectivity index is 1.45. The van der Waals surface area contributed by atoms with Crippen LogP contribution >= 0.6 is 0 Å². The van der Waals surface area contributed by atoms with Gasteiger partial charge in [-0.3, -0.25) is 9.69 Å². The number of benzene rings is 2. The number of rotatable bonds is 5. The van der Waals surface area contributed by atoms with Gasteiger partial charge in [-0.1, -0.05) is 18.2 Å². The number of nitriles is 1. The monoisotopic (exact) mass is 410 g/mol. The van der Waals surface area contributed by atoms with E-state index < -0.39 is 10.0 Å². The molecule has 2 aliphatic heterocycles. The van der Waals surface area contributed by atoms with Crippen molar-refractivity contribution in [1.82, 2.24) is 14.5 Å². The largest absolute Gasteiger partial charge is 0.333 e. The number of piperazine rings is 1. The maximum Gasteiger partial charge on any atom is 0.254 e. The van der Waals surface area contributed by atoms with Gasteiger partial charge in [0.05, 0.1) is 16.5 Å². The van der Waals surface area contributed by atoms with Gasteiger partial charge in [0, 0.05) is 43.8 Å². The first-order valence-electron chi connectivity index (χ1n) is 9.58. The lowest BCUT2D eigenvalue weighted by molar-refractivity contribution is 0.0503. The van der Waals surface area contributed by atoms with Crippen molar-refractivity contribution in [2.45, 2.75) is 23.4 Å². The molecule has 2 saturated heterocycles. The minimum atomic E-state index is -3.68. The molecule has 29 heavy (non-hydrogen) atoms. The first-order valence-corrected chi connectivity index (χ1v) is 11.1. The van der Waals surface area contributed by atoms with E-state index in [1.807, 2.05) is 41.3 Å². The van der Waals surface area contributed by atoms with Crippen LogP contribution in [0.15, 0.2) is 59.5 Å². The summed E-state index contributed by atoms with van der Waals surface area (Å²) in [6, 6.07) is 17.1. The highest BCUT2D eigenvalue weighted by Crippen LogP contribution is 2.26. The van der Waals surface area contributed by atoms with Crippen molar-refractivity contribution in [1.29, 1.82) is 5.26 Å². The zero-order valence-electron chi connectivity index (χ0n) is 15.9. The third-order valence-corrected chi connectivity index (χ3v) is 7.08. The summed E-state index contributed by atoms with van der Waals surface area (Å²) in [5.74, 6) is -0.00269. The minimum Gasteiger partial charge on any atom is -0.333 e. The number of hydrogen-bond donors (Lipinski definition) is 1. The fourth-order valence-electron chi connectivity index (χ4n) is 4.03. The first-order chi connectivity index (χ1) is 14.0. The molecule has 1 amide bonds. The number of carbonyl (C=O) groups excluding carboxylic acids is 1. The van der Waals surface area contributed by atoms with Crippen molar-refractivity contribution < 1.29 is 13.2 Å². The van der Waals surface area contributed by atoms with Gasteiger partial charge in [-0.25, -0.2) is 13.1 Å². The van der Waals surface area contributed by atoms with Gasteiger partial charge in [0.15, 0.2) is 0 Å². The van der Waals surface area contributed by atoms with Crippen molar-refractivity contribution in [3.8, 4) is 6.07 Å². The number of carbonyl (C=O) groups is 1. The molecular formula is C21H22N4O3S. The lowest BCUT2D eigenvalue weighted by Gasteiger charge is -2.40. The minimum absolute atomic E-state index is 0.00269. The standard InChI is InChI=1S/C21H22N4O3S/c22-12-16-6-8-20(9-7-16)29(27,28)23-13-19-15-25(18-10-11-24(19)14-18)21(26)17-4-2-1-3-5-17/h1-9,18-19,23H,10-11,13-15H2/t18-,19-/m0/s1. The molecule has 2 aliphatic rings. The molecule has 7 nitrogen and oxygen atoms in total. The maximum absolute atomic E-state index is 13.0. The van der Waals surface area contributed by atoms with Crippen LogP contribution in [0.3, 0.4) is 0 Å². The summed E-state index contributed by atoms with van der Waals surface area (Å²) in [5, 5.41) is 8.86. The molecule has 2 aromatic carbocycles. The summed E-state index contributed by atoms with van der Waals surface area (Å²) < 4.78 is 27.9. The van der Waals surface area contributed by atoms with Crippen LogP contribution in [0.4, 0.5) is 0 Å². The van der Waals surface area contributed by atoms with Gasteiger partial charge in [0.25, 0.3) is 5.91 Å². The number of nitrogens with zero attached hydrogens (tertiary/aromatic N) is 3. The number of sulfonamides is 1. The number of fused-ring (bicyclic) bond motifs is 2. The molecule has 2 fully saturated rings. The fourth-order valence-corrected chi connectivity index (χ4v) is 5.11. The molecule has 1 N–H and O–H groups in total. The van der Waals surface area contributed by atoms with E-state index in [-0.39, 0.29) is 29.4 Å². The lowest BCUT2D eigenvalue weighted by atomic mass is 10.1. The number of nitrogens with one attached hydrogen (secondary N) is 1. The van der Waals surface area contributed by atoms with Crippen LogP contribution in [0.25, 0.3) is 0 Å². The highest BCUT2D eigenvalue weighted by Gasteiger charge is 2.41. The molecule has 0 aliphatic carbocycles. The summed E-state index contributed by atoms with van der Waals surface area (Å²) in [6.45, 7) is 2.34. The van der Waals surface area contributed by atoms with Crippen LogP contribution in [-0.2, 0) is 10.0 Å². The predicted molar refractivity (Wildman–Crippen MR) is 108 cm³/mol. The van der Waals surface area contributed by atoms with Crippen molar-refractivity contribution in [2.75, 3.05) is 26.2 Å². The van der Waals surface area contributed by atoms with Crippen LogP contribution in [0.1, 0.15) is 22.3 Å². The zero-order chi connectivity index (χ0) is 20.4. The molecule has 2 aromatic rings. The molecule has 1 unspecified atom stereocenters. The Bertz CT molecular complexity index is 1030. The molecule has 2 heterocycles. The van der Waals surface area contributed by atoms with Gasteiger partial charge in [-0.05, 0) is 42.8 Å². The Morgan fingerprint density at radius 1 is 1.10 bits per heavy atom. The summed E-state index contributed by atoms with van der Waals surface area (Å²) in [6.07, 6.45) is 0.900. The van der Waals surface area contributed by atoms with Crippen molar-refractivity contribution >= 4 is 15.9 Å². The van der Waals surface area contributed by atoms with E-state index in [4.69, 9.17) is 5.26 Å². The molecule has 3 atom stereocenters. The van der Waals surface area contributed by atoms with Crippen LogP contribution in [0.2, 0.25) is 0 Å². The van der Waals surface area contributed by atoms with Gasteiger partial charge in [0.2, 0.25) is 10.0 Å². The Morgan fingerprint density at radius 3 is 2.52 bits per heavy atom. The Labute approximate surface area is 170 Å². The van der Waals surface area contributed by atoms with E-state index in [9.17, 15) is 13.2 Å². The smallest absolute Gasteiger partial charge is 0.254 e. The maximum atomic E-state index is 13.0.